The molecule has 0 unspecified atom stereocenters. The minimum Gasteiger partial charge on any atom is -0.387 e. The molecule has 0 aliphatic rings. The average Bonchev–Trinajstić information content (AvgIpc) is 2.53. The summed E-state index contributed by atoms with van der Waals surface area (Å²) in [5.41, 5.74) is 0.652. The zero-order valence-corrected chi connectivity index (χ0v) is 14.3. The summed E-state index contributed by atoms with van der Waals surface area (Å²) in [4.78, 5) is 1.08. The molecule has 0 amide bonds. The molecule has 7 heteroatoms. The van der Waals surface area contributed by atoms with Gasteiger partial charge in [-0.25, -0.2) is 13.1 Å². The highest BCUT2D eigenvalue weighted by Gasteiger charge is 2.19. The van der Waals surface area contributed by atoms with Crippen molar-refractivity contribution in [3.8, 4) is 0 Å². The van der Waals surface area contributed by atoms with E-state index in [1.807, 2.05) is 18.4 Å². The van der Waals surface area contributed by atoms with Crippen LogP contribution in [0.5, 0.6) is 0 Å². The van der Waals surface area contributed by atoms with Gasteiger partial charge in [0, 0.05) is 11.4 Å². The molecule has 0 heterocycles. The Morgan fingerprint density at radius 3 is 2.41 bits per heavy atom. The van der Waals surface area contributed by atoms with Gasteiger partial charge in [-0.2, -0.15) is 0 Å². The highest BCUT2D eigenvalue weighted by molar-refractivity contribution is 7.98. The van der Waals surface area contributed by atoms with Crippen LogP contribution in [0, 0.1) is 0 Å². The van der Waals surface area contributed by atoms with Crippen molar-refractivity contribution in [3.63, 3.8) is 0 Å². The number of rotatable bonds is 6. The van der Waals surface area contributed by atoms with E-state index in [0.29, 0.717) is 5.56 Å². The van der Waals surface area contributed by atoms with Crippen molar-refractivity contribution < 1.29 is 13.5 Å². The quantitative estimate of drug-likeness (QED) is 0.780. The number of aliphatic hydroxyl groups excluding tert-OH is 1. The Kier molecular flexibility index (Phi) is 5.88. The van der Waals surface area contributed by atoms with Gasteiger partial charge in [-0.3, -0.25) is 0 Å². The number of aliphatic hydroxyl groups is 1. The highest BCUT2D eigenvalue weighted by atomic mass is 35.5. The van der Waals surface area contributed by atoms with Crippen LogP contribution in [0.3, 0.4) is 0 Å². The molecular weight excluding hydrogens is 342 g/mol. The number of thioether (sulfide) groups is 1. The van der Waals surface area contributed by atoms with Crippen LogP contribution in [0.15, 0.2) is 58.3 Å². The molecule has 0 saturated carbocycles. The molecule has 0 fully saturated rings. The lowest BCUT2D eigenvalue weighted by atomic mass is 10.1. The van der Waals surface area contributed by atoms with Crippen molar-refractivity contribution in [2.75, 3.05) is 12.8 Å². The molecule has 0 spiro atoms. The van der Waals surface area contributed by atoms with E-state index in [1.54, 1.807) is 36.0 Å². The molecule has 0 aliphatic heterocycles. The van der Waals surface area contributed by atoms with Crippen LogP contribution in [0.25, 0.3) is 0 Å². The molecule has 0 saturated heterocycles. The zero-order valence-electron chi connectivity index (χ0n) is 11.9. The molecule has 0 bridgehead atoms. The first-order valence-electron chi connectivity index (χ1n) is 6.50. The van der Waals surface area contributed by atoms with Crippen LogP contribution in [-0.2, 0) is 10.0 Å². The lowest BCUT2D eigenvalue weighted by Gasteiger charge is -2.13. The van der Waals surface area contributed by atoms with Gasteiger partial charge in [0.2, 0.25) is 10.0 Å². The maximum atomic E-state index is 12.2. The molecular formula is C15H16ClNO3S2. The second kappa shape index (κ2) is 7.48. The fourth-order valence-electron chi connectivity index (χ4n) is 1.87. The van der Waals surface area contributed by atoms with E-state index in [0.717, 1.165) is 4.90 Å². The van der Waals surface area contributed by atoms with Crippen LogP contribution in [0.4, 0.5) is 0 Å². The first kappa shape index (κ1) is 17.3. The van der Waals surface area contributed by atoms with Crippen LogP contribution < -0.4 is 4.72 Å². The number of hydrogen-bond acceptors (Lipinski definition) is 4. The van der Waals surface area contributed by atoms with Gasteiger partial charge in [-0.1, -0.05) is 35.9 Å². The Balaban J connectivity index is 2.06. The van der Waals surface area contributed by atoms with Crippen LogP contribution in [-0.4, -0.2) is 26.3 Å². The van der Waals surface area contributed by atoms with E-state index >= 15 is 0 Å². The first-order valence-corrected chi connectivity index (χ1v) is 9.59. The lowest BCUT2D eigenvalue weighted by molar-refractivity contribution is 0.182. The molecule has 0 radical (unpaired) electrons. The van der Waals surface area contributed by atoms with E-state index in [1.165, 1.54) is 12.1 Å². The van der Waals surface area contributed by atoms with Crippen molar-refractivity contribution in [1.29, 1.82) is 0 Å². The number of hydrogen-bond donors (Lipinski definition) is 2. The average molecular weight is 358 g/mol. The summed E-state index contributed by atoms with van der Waals surface area (Å²) in [5, 5.41) is 10.2. The van der Waals surface area contributed by atoms with Crippen molar-refractivity contribution >= 4 is 33.4 Å². The number of sulfonamides is 1. The fourth-order valence-corrected chi connectivity index (χ4v) is 3.84. The van der Waals surface area contributed by atoms with Gasteiger partial charge in [0.15, 0.2) is 0 Å². The van der Waals surface area contributed by atoms with E-state index in [9.17, 15) is 13.5 Å². The Hall–Kier alpha value is -1.05. The second-order valence-electron chi connectivity index (χ2n) is 4.57. The third-order valence-corrected chi connectivity index (χ3v) is 5.76. The Morgan fingerprint density at radius 2 is 1.82 bits per heavy atom. The van der Waals surface area contributed by atoms with Gasteiger partial charge in [-0.15, -0.1) is 11.8 Å². The van der Waals surface area contributed by atoms with Crippen LogP contribution >= 0.6 is 23.4 Å². The molecule has 4 nitrogen and oxygen atoms in total. The Morgan fingerprint density at radius 1 is 1.18 bits per heavy atom. The van der Waals surface area contributed by atoms with Gasteiger partial charge < -0.3 is 5.11 Å². The summed E-state index contributed by atoms with van der Waals surface area (Å²) in [6.45, 7) is -0.119. The number of halogens is 1. The maximum Gasteiger partial charge on any atom is 0.242 e. The van der Waals surface area contributed by atoms with E-state index in [2.05, 4.69) is 4.72 Å². The maximum absolute atomic E-state index is 12.2. The number of nitrogens with one attached hydrogen (secondary N) is 1. The van der Waals surface area contributed by atoms with Crippen LogP contribution in [0.1, 0.15) is 11.7 Å². The first-order chi connectivity index (χ1) is 10.4. The van der Waals surface area contributed by atoms with E-state index < -0.39 is 16.1 Å². The standard InChI is InChI=1S/C15H16ClNO3S2/c1-21-12-8-6-11(7-9-12)14(18)10-17-22(19,20)15-5-3-2-4-13(15)16/h2-9,14,17-18H,10H2,1H3/t14-/m1/s1. The summed E-state index contributed by atoms with van der Waals surface area (Å²) in [6.07, 6.45) is 1.04. The van der Waals surface area contributed by atoms with Crippen molar-refractivity contribution in [3.05, 3.63) is 59.1 Å². The molecule has 22 heavy (non-hydrogen) atoms. The zero-order chi connectivity index (χ0) is 16.2. The largest absolute Gasteiger partial charge is 0.387 e. The summed E-state index contributed by atoms with van der Waals surface area (Å²) in [6, 6.07) is 13.5. The van der Waals surface area contributed by atoms with Crippen molar-refractivity contribution in [2.24, 2.45) is 0 Å². The monoisotopic (exact) mass is 357 g/mol. The predicted molar refractivity (Wildman–Crippen MR) is 89.8 cm³/mol. The second-order valence-corrected chi connectivity index (χ2v) is 7.59. The predicted octanol–water partition coefficient (Wildman–Crippen LogP) is 3.07. The highest BCUT2D eigenvalue weighted by Crippen LogP contribution is 2.22. The molecule has 2 aromatic carbocycles. The van der Waals surface area contributed by atoms with Crippen molar-refractivity contribution in [1.82, 2.24) is 4.72 Å². The van der Waals surface area contributed by atoms with Gasteiger partial charge in [0.05, 0.1) is 11.1 Å². The minimum atomic E-state index is -3.75. The molecule has 0 aliphatic carbocycles. The summed E-state index contributed by atoms with van der Waals surface area (Å²) >= 11 is 7.49. The smallest absolute Gasteiger partial charge is 0.242 e. The number of benzene rings is 2. The third kappa shape index (κ3) is 4.24. The Bertz CT molecular complexity index is 733. The summed E-state index contributed by atoms with van der Waals surface area (Å²) in [5.74, 6) is 0. The molecule has 1 atom stereocenters. The SMILES string of the molecule is CSc1ccc([C@H](O)CNS(=O)(=O)c2ccccc2Cl)cc1. The molecule has 2 N–H and O–H groups in total. The molecule has 0 aromatic heterocycles. The van der Waals surface area contributed by atoms with Gasteiger partial charge in [-0.05, 0) is 36.1 Å². The van der Waals surface area contributed by atoms with Gasteiger partial charge >= 0.3 is 0 Å². The summed E-state index contributed by atoms with van der Waals surface area (Å²) < 4.78 is 26.7. The minimum absolute atomic E-state index is 0.00148. The molecule has 2 aromatic rings. The van der Waals surface area contributed by atoms with E-state index in [4.69, 9.17) is 11.6 Å². The third-order valence-electron chi connectivity index (χ3n) is 3.09. The van der Waals surface area contributed by atoms with Crippen molar-refractivity contribution in [2.45, 2.75) is 15.9 Å². The van der Waals surface area contributed by atoms with E-state index in [-0.39, 0.29) is 16.5 Å². The molecule has 2 rings (SSSR count). The lowest BCUT2D eigenvalue weighted by Crippen LogP contribution is -2.28. The normalized spacial score (nSPS) is 13.0. The van der Waals surface area contributed by atoms with Gasteiger partial charge in [0.25, 0.3) is 0 Å². The Labute approximate surface area is 139 Å². The van der Waals surface area contributed by atoms with Gasteiger partial charge in [0.1, 0.15) is 4.90 Å². The van der Waals surface area contributed by atoms with Crippen LogP contribution in [0.2, 0.25) is 5.02 Å². The summed E-state index contributed by atoms with van der Waals surface area (Å²) in [7, 11) is -3.75. The molecule has 118 valence electrons. The topological polar surface area (TPSA) is 66.4 Å². The fraction of sp³-hybridized carbons (Fsp3) is 0.200.